The van der Waals surface area contributed by atoms with Gasteiger partial charge in [0.15, 0.2) is 0 Å². The fourth-order valence-corrected chi connectivity index (χ4v) is 2.71. The van der Waals surface area contributed by atoms with E-state index in [1.165, 1.54) is 13.0 Å². The number of rotatable bonds is 4. The summed E-state index contributed by atoms with van der Waals surface area (Å²) in [6.45, 7) is 1.34. The Morgan fingerprint density at radius 3 is 2.48 bits per heavy atom. The van der Waals surface area contributed by atoms with Crippen LogP contribution in [0.15, 0.2) is 18.2 Å². The third kappa shape index (κ3) is 4.00. The number of anilines is 1. The Balaban J connectivity index is 2.11. The van der Waals surface area contributed by atoms with Crippen LogP contribution in [0.3, 0.4) is 0 Å². The average molecular weight is 296 g/mol. The highest BCUT2D eigenvalue weighted by Crippen LogP contribution is 2.28. The fourth-order valence-electron chi connectivity index (χ4n) is 2.71. The zero-order valence-corrected chi connectivity index (χ0v) is 11.8. The van der Waals surface area contributed by atoms with Crippen LogP contribution in [-0.2, 0) is 9.59 Å². The molecule has 0 bridgehead atoms. The van der Waals surface area contributed by atoms with Crippen LogP contribution in [0, 0.1) is 17.6 Å². The topological polar surface area (TPSA) is 58.2 Å². The van der Waals surface area contributed by atoms with Crippen LogP contribution in [0.2, 0.25) is 0 Å². The van der Waals surface area contributed by atoms with E-state index in [4.69, 9.17) is 0 Å². The van der Waals surface area contributed by atoms with Crippen molar-refractivity contribution in [1.29, 1.82) is 0 Å². The number of hydrogen-bond donors (Lipinski definition) is 2. The minimum atomic E-state index is -0.837. The lowest BCUT2D eigenvalue weighted by Crippen LogP contribution is -2.47. The Morgan fingerprint density at radius 1 is 1.24 bits per heavy atom. The molecular weight excluding hydrogens is 278 g/mol. The van der Waals surface area contributed by atoms with E-state index in [-0.39, 0.29) is 17.5 Å². The highest BCUT2D eigenvalue weighted by Gasteiger charge is 2.31. The third-order valence-electron chi connectivity index (χ3n) is 3.70. The van der Waals surface area contributed by atoms with Crippen molar-refractivity contribution in [2.75, 3.05) is 5.32 Å². The number of halogens is 2. The summed E-state index contributed by atoms with van der Waals surface area (Å²) in [4.78, 5) is 23.6. The lowest BCUT2D eigenvalue weighted by molar-refractivity contribution is -0.126. The molecule has 4 nitrogen and oxygen atoms in total. The third-order valence-corrected chi connectivity index (χ3v) is 3.70. The van der Waals surface area contributed by atoms with E-state index >= 15 is 0 Å². The van der Waals surface area contributed by atoms with Crippen LogP contribution in [0.25, 0.3) is 0 Å². The van der Waals surface area contributed by atoms with Gasteiger partial charge in [-0.25, -0.2) is 8.78 Å². The molecule has 0 unspecified atom stereocenters. The van der Waals surface area contributed by atoms with E-state index in [9.17, 15) is 18.4 Å². The lowest BCUT2D eigenvalue weighted by Gasteiger charge is -2.23. The van der Waals surface area contributed by atoms with Crippen LogP contribution in [-0.4, -0.2) is 17.9 Å². The van der Waals surface area contributed by atoms with Gasteiger partial charge in [-0.3, -0.25) is 9.59 Å². The van der Waals surface area contributed by atoms with Gasteiger partial charge in [-0.1, -0.05) is 12.8 Å². The number of amides is 2. The molecule has 2 rings (SSSR count). The molecule has 21 heavy (non-hydrogen) atoms. The Hall–Kier alpha value is -1.98. The van der Waals surface area contributed by atoms with Gasteiger partial charge in [0.1, 0.15) is 17.7 Å². The highest BCUT2D eigenvalue weighted by molar-refractivity contribution is 5.97. The Labute approximate surface area is 121 Å². The molecule has 1 aliphatic carbocycles. The zero-order valence-electron chi connectivity index (χ0n) is 11.8. The Kier molecular flexibility index (Phi) is 4.88. The molecule has 6 heteroatoms. The molecule has 0 aromatic heterocycles. The molecule has 1 aromatic rings. The number of nitrogens with one attached hydrogen (secondary N) is 2. The molecule has 2 amide bonds. The predicted molar refractivity (Wildman–Crippen MR) is 74.6 cm³/mol. The first-order valence-electron chi connectivity index (χ1n) is 7.00. The van der Waals surface area contributed by atoms with E-state index < -0.39 is 23.6 Å². The van der Waals surface area contributed by atoms with Crippen molar-refractivity contribution in [1.82, 2.24) is 5.32 Å². The summed E-state index contributed by atoms with van der Waals surface area (Å²) >= 11 is 0. The molecule has 0 radical (unpaired) electrons. The number of carbonyl (C=O) groups is 2. The molecule has 0 heterocycles. The van der Waals surface area contributed by atoms with Crippen molar-refractivity contribution in [3.8, 4) is 0 Å². The molecule has 0 saturated heterocycles. The molecule has 1 atom stereocenters. The standard InChI is InChI=1S/C15H18F2N2O2/c1-9(20)18-14(10-4-2-3-5-10)15(21)19-13-7-6-11(16)8-12(13)17/h6-8,10,14H,2-5H2,1H3,(H,18,20)(H,19,21)/t14-/m1/s1. The molecule has 1 saturated carbocycles. The molecule has 2 N–H and O–H groups in total. The van der Waals surface area contributed by atoms with Gasteiger partial charge in [0.25, 0.3) is 0 Å². The smallest absolute Gasteiger partial charge is 0.247 e. The fraction of sp³-hybridized carbons (Fsp3) is 0.467. The van der Waals surface area contributed by atoms with Crippen LogP contribution >= 0.6 is 0 Å². The van der Waals surface area contributed by atoms with Gasteiger partial charge in [0, 0.05) is 13.0 Å². The van der Waals surface area contributed by atoms with Crippen molar-refractivity contribution in [2.24, 2.45) is 5.92 Å². The van der Waals surface area contributed by atoms with Crippen molar-refractivity contribution >= 4 is 17.5 Å². The summed E-state index contributed by atoms with van der Waals surface area (Å²) in [5.41, 5.74) is -0.0882. The van der Waals surface area contributed by atoms with E-state index in [1.807, 2.05) is 0 Å². The Morgan fingerprint density at radius 2 is 1.90 bits per heavy atom. The largest absolute Gasteiger partial charge is 0.344 e. The van der Waals surface area contributed by atoms with Crippen LogP contribution in [0.5, 0.6) is 0 Å². The SMILES string of the molecule is CC(=O)N[C@@H](C(=O)Nc1ccc(F)cc1F)C1CCCC1. The van der Waals surface area contributed by atoms with Crippen molar-refractivity contribution in [3.63, 3.8) is 0 Å². The maximum absolute atomic E-state index is 13.6. The van der Waals surface area contributed by atoms with Gasteiger partial charge in [0.05, 0.1) is 5.69 Å². The van der Waals surface area contributed by atoms with Crippen LogP contribution < -0.4 is 10.6 Å². The summed E-state index contributed by atoms with van der Waals surface area (Å²) in [5.74, 6) is -2.27. The summed E-state index contributed by atoms with van der Waals surface area (Å²) in [6.07, 6.45) is 3.73. The van der Waals surface area contributed by atoms with Crippen LogP contribution in [0.1, 0.15) is 32.6 Å². The minimum absolute atomic E-state index is 0.0532. The monoisotopic (exact) mass is 296 g/mol. The van der Waals surface area contributed by atoms with Crippen molar-refractivity contribution < 1.29 is 18.4 Å². The second-order valence-corrected chi connectivity index (χ2v) is 5.34. The zero-order chi connectivity index (χ0) is 15.4. The summed E-state index contributed by atoms with van der Waals surface area (Å²) in [7, 11) is 0. The minimum Gasteiger partial charge on any atom is -0.344 e. The van der Waals surface area contributed by atoms with E-state index in [1.54, 1.807) is 0 Å². The number of carbonyl (C=O) groups excluding carboxylic acids is 2. The number of benzene rings is 1. The molecule has 1 fully saturated rings. The van der Waals surface area contributed by atoms with Crippen molar-refractivity contribution in [3.05, 3.63) is 29.8 Å². The average Bonchev–Trinajstić information content (AvgIpc) is 2.92. The molecule has 0 spiro atoms. The quantitative estimate of drug-likeness (QED) is 0.897. The van der Waals surface area contributed by atoms with Gasteiger partial charge in [0.2, 0.25) is 11.8 Å². The first kappa shape index (κ1) is 15.4. The maximum atomic E-state index is 13.6. The van der Waals surface area contributed by atoms with E-state index in [0.29, 0.717) is 6.07 Å². The first-order valence-corrected chi connectivity index (χ1v) is 7.00. The summed E-state index contributed by atoms with van der Waals surface area (Å²) in [5, 5.41) is 5.05. The van der Waals surface area contributed by atoms with Gasteiger partial charge in [-0.2, -0.15) is 0 Å². The van der Waals surface area contributed by atoms with Crippen LogP contribution in [0.4, 0.5) is 14.5 Å². The first-order chi connectivity index (χ1) is 9.97. The predicted octanol–water partition coefficient (Wildman–Crippen LogP) is 2.60. The number of hydrogen-bond acceptors (Lipinski definition) is 2. The van der Waals surface area contributed by atoms with E-state index in [0.717, 1.165) is 31.7 Å². The molecular formula is C15H18F2N2O2. The lowest BCUT2D eigenvalue weighted by atomic mass is 9.97. The van der Waals surface area contributed by atoms with Crippen molar-refractivity contribution in [2.45, 2.75) is 38.6 Å². The van der Waals surface area contributed by atoms with Gasteiger partial charge >= 0.3 is 0 Å². The molecule has 1 aromatic carbocycles. The molecule has 114 valence electrons. The summed E-state index contributed by atoms with van der Waals surface area (Å²) < 4.78 is 26.4. The van der Waals surface area contributed by atoms with Gasteiger partial charge in [-0.05, 0) is 30.9 Å². The molecule has 0 aliphatic heterocycles. The second kappa shape index (κ2) is 6.65. The second-order valence-electron chi connectivity index (χ2n) is 5.34. The van der Waals surface area contributed by atoms with Gasteiger partial charge < -0.3 is 10.6 Å². The maximum Gasteiger partial charge on any atom is 0.247 e. The van der Waals surface area contributed by atoms with Gasteiger partial charge in [-0.15, -0.1) is 0 Å². The Bertz CT molecular complexity index is 542. The summed E-state index contributed by atoms with van der Waals surface area (Å²) in [6, 6.07) is 2.26. The van der Waals surface area contributed by atoms with E-state index in [2.05, 4.69) is 10.6 Å². The molecule has 1 aliphatic rings. The highest BCUT2D eigenvalue weighted by atomic mass is 19.1. The normalized spacial score (nSPS) is 16.5.